The zero-order chi connectivity index (χ0) is 20.8. The van der Waals surface area contributed by atoms with E-state index in [4.69, 9.17) is 4.74 Å². The van der Waals surface area contributed by atoms with Crippen LogP contribution in [0, 0.1) is 13.8 Å². The molecule has 0 spiro atoms. The van der Waals surface area contributed by atoms with Crippen LogP contribution in [0.15, 0.2) is 66.6 Å². The second kappa shape index (κ2) is 9.30. The van der Waals surface area contributed by atoms with Gasteiger partial charge in [-0.1, -0.05) is 65.7 Å². The average Bonchev–Trinajstić information content (AvgIpc) is 3.20. The van der Waals surface area contributed by atoms with Crippen LogP contribution in [0.5, 0.6) is 0 Å². The molecule has 0 fully saturated rings. The predicted molar refractivity (Wildman–Crippen MR) is 116 cm³/mol. The van der Waals surface area contributed by atoms with Gasteiger partial charge in [0.05, 0.1) is 0 Å². The number of esters is 1. The summed E-state index contributed by atoms with van der Waals surface area (Å²) in [5.41, 5.74) is 3.37. The molecule has 0 saturated heterocycles. The molecule has 148 valence electrons. The van der Waals surface area contributed by atoms with Gasteiger partial charge in [0.15, 0.2) is 16.9 Å². The van der Waals surface area contributed by atoms with Gasteiger partial charge in [-0.05, 0) is 13.8 Å². The summed E-state index contributed by atoms with van der Waals surface area (Å²) in [6, 6.07) is 14.6. The molecule has 1 atom stereocenters. The first kappa shape index (κ1) is 20.5. The number of hydrogen-bond acceptors (Lipinski definition) is 6. The van der Waals surface area contributed by atoms with Crippen LogP contribution in [0.4, 0.5) is 5.13 Å². The van der Waals surface area contributed by atoms with Crippen molar-refractivity contribution in [2.75, 3.05) is 11.9 Å². The number of thiazole rings is 1. The average molecular weight is 407 g/mol. The minimum absolute atomic E-state index is 0.162. The molecule has 1 heterocycles. The van der Waals surface area contributed by atoms with Gasteiger partial charge in [-0.2, -0.15) is 0 Å². The number of carbonyl (C=O) groups is 2. The summed E-state index contributed by atoms with van der Waals surface area (Å²) in [5.74, 6) is -0.915. The van der Waals surface area contributed by atoms with Crippen LogP contribution in [0.3, 0.4) is 0 Å². The summed E-state index contributed by atoms with van der Waals surface area (Å²) >= 11 is 1.29. The third-order valence-electron chi connectivity index (χ3n) is 4.29. The van der Waals surface area contributed by atoms with Crippen LogP contribution in [-0.2, 0) is 4.74 Å². The Morgan fingerprint density at radius 3 is 2.34 bits per heavy atom. The number of benzene rings is 2. The lowest BCUT2D eigenvalue weighted by molar-refractivity contribution is 0.0275. The zero-order valence-electron chi connectivity index (χ0n) is 16.3. The quantitative estimate of drug-likeness (QED) is 0.319. The third kappa shape index (κ3) is 5.18. The summed E-state index contributed by atoms with van der Waals surface area (Å²) in [7, 11) is 0. The number of ether oxygens (including phenoxy) is 1. The summed E-state index contributed by atoms with van der Waals surface area (Å²) in [4.78, 5) is 30.1. The molecule has 2 aromatic carbocycles. The lowest BCUT2D eigenvalue weighted by Gasteiger charge is -2.17. The molecule has 29 heavy (non-hydrogen) atoms. The van der Waals surface area contributed by atoms with Gasteiger partial charge in [0, 0.05) is 23.1 Å². The van der Waals surface area contributed by atoms with Crippen LogP contribution in [0.1, 0.15) is 43.6 Å². The number of nitrogens with zero attached hydrogens (tertiary/aromatic N) is 1. The molecule has 0 saturated carbocycles. The number of aromatic nitrogens is 1. The van der Waals surface area contributed by atoms with Gasteiger partial charge in [0.1, 0.15) is 0 Å². The van der Waals surface area contributed by atoms with E-state index in [9.17, 15) is 9.59 Å². The molecular weight excluding hydrogens is 384 g/mol. The SMILES string of the molecule is C=CCNc1nc(C(=O)OC(C(=O)c2ccc(C)cc2)c2ccc(C)cc2)cs1. The fraction of sp³-hybridized carbons (Fsp3) is 0.174. The van der Waals surface area contributed by atoms with Crippen molar-refractivity contribution in [2.24, 2.45) is 0 Å². The van der Waals surface area contributed by atoms with Gasteiger partial charge in [-0.3, -0.25) is 4.79 Å². The minimum Gasteiger partial charge on any atom is -0.444 e. The van der Waals surface area contributed by atoms with Crippen LogP contribution < -0.4 is 5.32 Å². The Balaban J connectivity index is 1.86. The topological polar surface area (TPSA) is 68.3 Å². The molecule has 0 aliphatic rings. The van der Waals surface area contributed by atoms with E-state index < -0.39 is 12.1 Å². The van der Waals surface area contributed by atoms with Gasteiger partial charge in [-0.15, -0.1) is 17.9 Å². The maximum Gasteiger partial charge on any atom is 0.358 e. The van der Waals surface area contributed by atoms with Gasteiger partial charge in [0.2, 0.25) is 5.78 Å². The largest absolute Gasteiger partial charge is 0.444 e. The summed E-state index contributed by atoms with van der Waals surface area (Å²) in [5, 5.41) is 5.23. The van der Waals surface area contributed by atoms with E-state index in [1.807, 2.05) is 38.1 Å². The Kier molecular flexibility index (Phi) is 6.57. The lowest BCUT2D eigenvalue weighted by atomic mass is 9.98. The van der Waals surface area contributed by atoms with Crippen molar-refractivity contribution in [1.29, 1.82) is 0 Å². The van der Waals surface area contributed by atoms with E-state index >= 15 is 0 Å². The molecule has 0 aliphatic heterocycles. The maximum absolute atomic E-state index is 13.1. The number of anilines is 1. The van der Waals surface area contributed by atoms with Crippen LogP contribution >= 0.6 is 11.3 Å². The number of rotatable bonds is 8. The number of nitrogens with one attached hydrogen (secondary N) is 1. The van der Waals surface area contributed by atoms with E-state index in [0.717, 1.165) is 11.1 Å². The molecule has 1 unspecified atom stereocenters. The smallest absolute Gasteiger partial charge is 0.358 e. The molecule has 1 aromatic heterocycles. The molecule has 6 heteroatoms. The van der Waals surface area contributed by atoms with Crippen LogP contribution in [0.2, 0.25) is 0 Å². The van der Waals surface area contributed by atoms with Gasteiger partial charge in [-0.25, -0.2) is 9.78 Å². The second-order valence-electron chi connectivity index (χ2n) is 6.63. The van der Waals surface area contributed by atoms with E-state index in [-0.39, 0.29) is 11.5 Å². The first-order chi connectivity index (χ1) is 14.0. The van der Waals surface area contributed by atoms with Crippen molar-refractivity contribution >= 4 is 28.2 Å². The monoisotopic (exact) mass is 406 g/mol. The third-order valence-corrected chi connectivity index (χ3v) is 5.09. The fourth-order valence-corrected chi connectivity index (χ4v) is 3.35. The molecule has 0 amide bonds. The minimum atomic E-state index is -1.04. The zero-order valence-corrected chi connectivity index (χ0v) is 17.2. The van der Waals surface area contributed by atoms with Crippen molar-refractivity contribution in [3.63, 3.8) is 0 Å². The van der Waals surface area contributed by atoms with Crippen LogP contribution in [0.25, 0.3) is 0 Å². The Hall–Kier alpha value is -3.25. The molecule has 0 bridgehead atoms. The highest BCUT2D eigenvalue weighted by atomic mass is 32.1. The highest BCUT2D eigenvalue weighted by Gasteiger charge is 2.27. The van der Waals surface area contributed by atoms with E-state index in [1.54, 1.807) is 35.7 Å². The number of carbonyl (C=O) groups excluding carboxylic acids is 2. The molecular formula is C23H22N2O3S. The van der Waals surface area contributed by atoms with E-state index in [1.165, 1.54) is 11.3 Å². The second-order valence-corrected chi connectivity index (χ2v) is 7.49. The summed E-state index contributed by atoms with van der Waals surface area (Å²) in [6.07, 6.45) is 0.657. The number of aryl methyl sites for hydroxylation is 2. The molecule has 3 aromatic rings. The molecule has 0 aliphatic carbocycles. The van der Waals surface area contributed by atoms with Crippen molar-refractivity contribution in [1.82, 2.24) is 4.98 Å². The van der Waals surface area contributed by atoms with Gasteiger partial charge in [0.25, 0.3) is 0 Å². The molecule has 0 radical (unpaired) electrons. The Bertz CT molecular complexity index is 1010. The molecule has 1 N–H and O–H groups in total. The van der Waals surface area contributed by atoms with Crippen molar-refractivity contribution in [3.05, 3.63) is 94.5 Å². The van der Waals surface area contributed by atoms with Crippen molar-refractivity contribution < 1.29 is 14.3 Å². The standard InChI is InChI=1S/C23H22N2O3S/c1-4-13-24-23-25-19(14-29-23)22(27)28-21(18-11-7-16(3)8-12-18)20(26)17-9-5-15(2)6-10-17/h4-12,14,21H,1,13H2,2-3H3,(H,24,25). The van der Waals surface area contributed by atoms with Crippen molar-refractivity contribution in [2.45, 2.75) is 20.0 Å². The summed E-state index contributed by atoms with van der Waals surface area (Å²) < 4.78 is 5.63. The Labute approximate surface area is 174 Å². The normalized spacial score (nSPS) is 11.5. The Morgan fingerprint density at radius 2 is 1.72 bits per heavy atom. The molecule has 5 nitrogen and oxygen atoms in total. The first-order valence-electron chi connectivity index (χ1n) is 9.16. The van der Waals surface area contributed by atoms with Gasteiger partial charge < -0.3 is 10.1 Å². The maximum atomic E-state index is 13.1. The molecule has 3 rings (SSSR count). The fourth-order valence-electron chi connectivity index (χ4n) is 2.66. The Morgan fingerprint density at radius 1 is 1.10 bits per heavy atom. The van der Waals surface area contributed by atoms with E-state index in [0.29, 0.717) is 22.8 Å². The first-order valence-corrected chi connectivity index (χ1v) is 10.0. The highest BCUT2D eigenvalue weighted by molar-refractivity contribution is 7.13. The van der Waals surface area contributed by atoms with Crippen molar-refractivity contribution in [3.8, 4) is 0 Å². The number of Topliss-reactive ketones (excluding diaryl/α,β-unsaturated/α-hetero) is 1. The van der Waals surface area contributed by atoms with Crippen LogP contribution in [-0.4, -0.2) is 23.3 Å². The predicted octanol–water partition coefficient (Wildman–Crippen LogP) is 5.14. The highest BCUT2D eigenvalue weighted by Crippen LogP contribution is 2.26. The summed E-state index contributed by atoms with van der Waals surface area (Å²) in [6.45, 7) is 8.09. The van der Waals surface area contributed by atoms with Gasteiger partial charge >= 0.3 is 5.97 Å². The van der Waals surface area contributed by atoms with E-state index in [2.05, 4.69) is 16.9 Å². The number of hydrogen-bond donors (Lipinski definition) is 1. The lowest BCUT2D eigenvalue weighted by Crippen LogP contribution is -2.20. The number of ketones is 1.